The number of nitrogens with zero attached hydrogens (tertiary/aromatic N) is 1. The van der Waals surface area contributed by atoms with Crippen LogP contribution in [0.1, 0.15) is 26.3 Å². The van der Waals surface area contributed by atoms with Gasteiger partial charge >= 0.3 is 12.7 Å². The zero-order valence-corrected chi connectivity index (χ0v) is 17.5. The molecule has 1 aromatic carbocycles. The summed E-state index contributed by atoms with van der Waals surface area (Å²) in [5.41, 5.74) is 0.912. The van der Waals surface area contributed by atoms with Crippen molar-refractivity contribution in [1.29, 1.82) is 0 Å². The Bertz CT molecular complexity index is 642. The highest BCUT2D eigenvalue weighted by Crippen LogP contribution is 2.26. The molecule has 1 saturated heterocycles. The molecule has 1 N–H and O–H groups in total. The van der Waals surface area contributed by atoms with Crippen LogP contribution < -0.4 is 0 Å². The smallest absolute Gasteiger partial charge is 0.416 e. The molecule has 5 atom stereocenters. The summed E-state index contributed by atoms with van der Waals surface area (Å²) < 4.78 is 10.8. The molecule has 1 fully saturated rings. The van der Waals surface area contributed by atoms with Crippen LogP contribution in [0.3, 0.4) is 0 Å². The third-order valence-electron chi connectivity index (χ3n) is 4.85. The summed E-state index contributed by atoms with van der Waals surface area (Å²) in [6, 6.07) is 9.14. The van der Waals surface area contributed by atoms with E-state index in [1.165, 1.54) is 4.90 Å². The number of hydrogen-bond acceptors (Lipinski definition) is 5. The van der Waals surface area contributed by atoms with Gasteiger partial charge in [-0.2, -0.15) is 0 Å². The summed E-state index contributed by atoms with van der Waals surface area (Å²) in [5.74, 6) is -1.16. The first-order valence-corrected chi connectivity index (χ1v) is 10.0. The molecule has 0 radical (unpaired) electrons. The number of cyclic esters (lactones) is 1. The molecule has 8 heteroatoms. The second-order valence-electron chi connectivity index (χ2n) is 7.43. The average molecular weight is 393 g/mol. The van der Waals surface area contributed by atoms with E-state index >= 15 is 0 Å². The topological polar surface area (TPSA) is 76.1 Å². The maximum absolute atomic E-state index is 13.3. The molecule has 0 saturated carbocycles. The van der Waals surface area contributed by atoms with Gasteiger partial charge in [-0.05, 0) is 24.8 Å². The molecule has 1 heterocycles. The third kappa shape index (κ3) is 5.53. The number of amides is 2. The fourth-order valence-corrected chi connectivity index (χ4v) is 3.58. The van der Waals surface area contributed by atoms with Crippen LogP contribution in [0.2, 0.25) is 6.82 Å². The Morgan fingerprint density at radius 1 is 1.37 bits per heavy atom. The standard InChI is InChI=1S/C19H29BNO5P/c1-12(2)16-11-25-19(24)21(16)18(23)15(10-14-8-6-5-7-9-14)17(22)13(3)26-20(4)27/h5-9,12-13,15-17,22H,10-11,27H2,1-4H3/t13-,15+,16-,17-/m0/s1. The average Bonchev–Trinajstić information content (AvgIpc) is 3.00. The summed E-state index contributed by atoms with van der Waals surface area (Å²) in [7, 11) is 2.51. The van der Waals surface area contributed by atoms with Gasteiger partial charge in [0.2, 0.25) is 5.91 Å². The molecule has 1 aliphatic heterocycles. The summed E-state index contributed by atoms with van der Waals surface area (Å²) in [6.45, 7) is 7.48. The van der Waals surface area contributed by atoms with Crippen molar-refractivity contribution in [3.63, 3.8) is 0 Å². The van der Waals surface area contributed by atoms with Crippen molar-refractivity contribution >= 4 is 27.8 Å². The van der Waals surface area contributed by atoms with E-state index in [0.717, 1.165) is 5.56 Å². The summed E-state index contributed by atoms with van der Waals surface area (Å²) in [4.78, 5) is 26.7. The van der Waals surface area contributed by atoms with Crippen LogP contribution in [-0.4, -0.2) is 53.5 Å². The number of rotatable bonds is 8. The maximum Gasteiger partial charge on any atom is 0.416 e. The van der Waals surface area contributed by atoms with Crippen LogP contribution in [0.5, 0.6) is 0 Å². The fraction of sp³-hybridized carbons (Fsp3) is 0.579. The van der Waals surface area contributed by atoms with Crippen molar-refractivity contribution in [2.24, 2.45) is 11.8 Å². The largest absolute Gasteiger partial charge is 0.447 e. The quantitative estimate of drug-likeness (QED) is 0.543. The second-order valence-corrected chi connectivity index (χ2v) is 8.37. The van der Waals surface area contributed by atoms with Crippen LogP contribution in [0, 0.1) is 11.8 Å². The maximum atomic E-state index is 13.3. The number of hydrogen-bond donors (Lipinski definition) is 1. The van der Waals surface area contributed by atoms with Gasteiger partial charge in [-0.3, -0.25) is 4.79 Å². The fourth-order valence-electron chi connectivity index (χ4n) is 3.33. The minimum absolute atomic E-state index is 0.0654. The van der Waals surface area contributed by atoms with Crippen LogP contribution in [0.15, 0.2) is 30.3 Å². The predicted molar refractivity (Wildman–Crippen MR) is 108 cm³/mol. The molecule has 148 valence electrons. The molecule has 1 unspecified atom stereocenters. The van der Waals surface area contributed by atoms with Gasteiger partial charge in [0.15, 0.2) is 0 Å². The van der Waals surface area contributed by atoms with Gasteiger partial charge in [-0.1, -0.05) is 51.0 Å². The predicted octanol–water partition coefficient (Wildman–Crippen LogP) is 2.61. The summed E-state index contributed by atoms with van der Waals surface area (Å²) in [5, 5.41) is 10.9. The first kappa shape index (κ1) is 21.9. The van der Waals surface area contributed by atoms with E-state index in [-0.39, 0.29) is 25.2 Å². The first-order valence-electron chi connectivity index (χ1n) is 9.35. The lowest BCUT2D eigenvalue weighted by Crippen LogP contribution is -2.50. The monoisotopic (exact) mass is 393 g/mol. The molecule has 27 heavy (non-hydrogen) atoms. The SMILES string of the molecule is CB(P)O[C@@H](C)[C@H](O)[C@@H](Cc1ccccc1)C(=O)N1C(=O)OC[C@H]1C(C)C. The molecule has 6 nitrogen and oxygen atoms in total. The zero-order chi connectivity index (χ0) is 20.1. The number of carbonyl (C=O) groups is 2. The van der Waals surface area contributed by atoms with Gasteiger partial charge in [0.1, 0.15) is 6.61 Å². The number of imide groups is 1. The normalized spacial score (nSPS) is 20.3. The van der Waals surface area contributed by atoms with Crippen LogP contribution in [-0.2, 0) is 20.6 Å². The van der Waals surface area contributed by atoms with Crippen LogP contribution in [0.25, 0.3) is 0 Å². The minimum atomic E-state index is -1.05. The molecular formula is C19H29BNO5P. The number of aliphatic hydroxyl groups is 1. The van der Waals surface area contributed by atoms with Gasteiger partial charge in [-0.15, -0.1) is 9.12 Å². The van der Waals surface area contributed by atoms with Gasteiger partial charge < -0.3 is 14.5 Å². The van der Waals surface area contributed by atoms with E-state index in [1.807, 2.05) is 51.0 Å². The zero-order valence-electron chi connectivity index (χ0n) is 16.4. The van der Waals surface area contributed by atoms with Gasteiger partial charge in [0.25, 0.3) is 0 Å². The van der Waals surface area contributed by atoms with Crippen molar-refractivity contribution in [2.75, 3.05) is 6.61 Å². The first-order chi connectivity index (χ1) is 12.7. The third-order valence-corrected chi connectivity index (χ3v) is 5.01. The van der Waals surface area contributed by atoms with E-state index in [1.54, 1.807) is 6.92 Å². The van der Waals surface area contributed by atoms with Gasteiger partial charge in [0, 0.05) is 0 Å². The highest BCUT2D eigenvalue weighted by atomic mass is 31.0. The lowest BCUT2D eigenvalue weighted by molar-refractivity contribution is -0.140. The van der Waals surface area contributed by atoms with E-state index < -0.39 is 30.1 Å². The molecule has 1 aromatic rings. The van der Waals surface area contributed by atoms with E-state index in [4.69, 9.17) is 9.39 Å². The Morgan fingerprint density at radius 2 is 2.00 bits per heavy atom. The van der Waals surface area contributed by atoms with Crippen LogP contribution >= 0.6 is 9.12 Å². The van der Waals surface area contributed by atoms with Crippen molar-refractivity contribution in [2.45, 2.75) is 52.3 Å². The lowest BCUT2D eigenvalue weighted by Gasteiger charge is -2.32. The Hall–Kier alpha value is -1.43. The Morgan fingerprint density at radius 3 is 2.56 bits per heavy atom. The van der Waals surface area contributed by atoms with Crippen molar-refractivity contribution in [3.8, 4) is 0 Å². The van der Waals surface area contributed by atoms with Gasteiger partial charge in [0.05, 0.1) is 24.2 Å². The van der Waals surface area contributed by atoms with Crippen LogP contribution in [0.4, 0.5) is 4.79 Å². The van der Waals surface area contributed by atoms with E-state index in [9.17, 15) is 14.7 Å². The highest BCUT2D eigenvalue weighted by Gasteiger charge is 2.44. The van der Waals surface area contributed by atoms with Crippen molar-refractivity contribution in [1.82, 2.24) is 4.90 Å². The Kier molecular flexibility index (Phi) is 7.84. The van der Waals surface area contributed by atoms with Crippen molar-refractivity contribution < 1.29 is 24.1 Å². The number of ether oxygens (including phenoxy) is 1. The van der Waals surface area contributed by atoms with Gasteiger partial charge in [-0.25, -0.2) is 9.69 Å². The Labute approximate surface area is 163 Å². The molecule has 1 aliphatic rings. The summed E-state index contributed by atoms with van der Waals surface area (Å²) >= 11 is 0. The summed E-state index contributed by atoms with van der Waals surface area (Å²) in [6.07, 6.45) is -1.95. The molecule has 0 bridgehead atoms. The molecule has 0 spiro atoms. The minimum Gasteiger partial charge on any atom is -0.447 e. The number of aliphatic hydroxyl groups excluding tert-OH is 1. The molecule has 0 aromatic heterocycles. The molecular weight excluding hydrogens is 364 g/mol. The Balaban J connectivity index is 2.29. The van der Waals surface area contributed by atoms with E-state index in [0.29, 0.717) is 6.42 Å². The lowest BCUT2D eigenvalue weighted by atomic mass is 9.88. The highest BCUT2D eigenvalue weighted by molar-refractivity contribution is 7.60. The second kappa shape index (κ2) is 9.67. The molecule has 0 aliphatic carbocycles. The van der Waals surface area contributed by atoms with Crippen molar-refractivity contribution in [3.05, 3.63) is 35.9 Å². The number of benzene rings is 1. The molecule has 2 rings (SSSR count). The molecule has 2 amide bonds. The number of carbonyl (C=O) groups excluding carboxylic acids is 2. The van der Waals surface area contributed by atoms with E-state index in [2.05, 4.69) is 9.12 Å².